The Morgan fingerprint density at radius 2 is 1.79 bits per heavy atom. The topological polar surface area (TPSA) is 61.7 Å². The van der Waals surface area contributed by atoms with Gasteiger partial charge in [-0.05, 0) is 63.2 Å². The first-order valence-electron chi connectivity index (χ1n) is 7.34. The summed E-state index contributed by atoms with van der Waals surface area (Å²) in [4.78, 5) is 22.9. The summed E-state index contributed by atoms with van der Waals surface area (Å²) >= 11 is 0. The van der Waals surface area contributed by atoms with E-state index < -0.39 is 7.43 Å². The first kappa shape index (κ1) is 12.2. The predicted octanol–water partition coefficient (Wildman–Crippen LogP) is 3.01. The van der Waals surface area contributed by atoms with Crippen molar-refractivity contribution in [2.45, 2.75) is 50.6 Å². The zero-order chi connectivity index (χ0) is 13.3. The van der Waals surface area contributed by atoms with Crippen molar-refractivity contribution in [1.29, 1.82) is 0 Å². The van der Waals surface area contributed by atoms with E-state index in [1.54, 1.807) is 0 Å². The molecule has 5 rings (SSSR count). The highest BCUT2D eigenvalue weighted by atomic mass is 31.2. The Balaban J connectivity index is 1.77. The van der Waals surface area contributed by atoms with Gasteiger partial charge in [-0.25, -0.2) is 0 Å². The number of rotatable bonds is 1. The predicted molar refractivity (Wildman–Crippen MR) is 74.4 cm³/mol. The lowest BCUT2D eigenvalue weighted by Crippen LogP contribution is -2.52. The molecule has 0 aromatic heterocycles. The Morgan fingerprint density at radius 3 is 2.26 bits per heavy atom. The highest BCUT2D eigenvalue weighted by Gasteiger charge is 2.58. The molecule has 1 unspecified atom stereocenters. The Hall–Kier alpha value is -0.600. The van der Waals surface area contributed by atoms with Crippen molar-refractivity contribution in [1.82, 2.24) is 5.09 Å². The van der Waals surface area contributed by atoms with Gasteiger partial charge < -0.3 is 9.98 Å². The van der Waals surface area contributed by atoms with E-state index >= 15 is 0 Å². The molecule has 0 aromatic rings. The van der Waals surface area contributed by atoms with E-state index in [1.165, 1.54) is 25.3 Å². The number of allylic oxidation sites excluding steroid dienone is 1. The molecule has 19 heavy (non-hydrogen) atoms. The molecule has 1 heterocycles. The Bertz CT molecular complexity index is 502. The third-order valence-corrected chi connectivity index (χ3v) is 8.60. The average Bonchev–Trinajstić information content (AvgIpc) is 2.24. The largest absolute Gasteiger partial charge is 0.344 e. The van der Waals surface area contributed by atoms with E-state index in [2.05, 4.69) is 9.83 Å². The van der Waals surface area contributed by atoms with Crippen LogP contribution >= 0.6 is 7.43 Å². The number of hydrogen-bond acceptors (Lipinski definition) is 2. The third kappa shape index (κ3) is 1.69. The molecule has 4 nitrogen and oxygen atoms in total. The monoisotopic (exact) mass is 280 g/mol. The Morgan fingerprint density at radius 1 is 1.26 bits per heavy atom. The summed E-state index contributed by atoms with van der Waals surface area (Å²) in [5, 5.41) is 3.12. The summed E-state index contributed by atoms with van der Waals surface area (Å²) in [6.07, 6.45) is 8.71. The Labute approximate surface area is 113 Å². The zero-order valence-electron chi connectivity index (χ0n) is 11.3. The average molecular weight is 280 g/mol. The molecule has 2 N–H and O–H groups in total. The molecule has 0 saturated heterocycles. The highest BCUT2D eigenvalue weighted by molar-refractivity contribution is 7.60. The zero-order valence-corrected chi connectivity index (χ0v) is 12.2. The van der Waals surface area contributed by atoms with E-state index in [0.717, 1.165) is 42.7 Å². The molecule has 5 aliphatic rings. The fourth-order valence-corrected chi connectivity index (χ4v) is 8.27. The molecule has 5 heteroatoms. The standard InChI is InChI=1S/C14H21N2O2P/c1-9-2-13(17)16-19(18,15-9)14-6-10-3-11(7-14)5-12(4-10)8-14/h2,10-12,18H,3-8H2,1H3,(H,15,17). The van der Waals surface area contributed by atoms with Crippen molar-refractivity contribution in [3.63, 3.8) is 0 Å². The van der Waals surface area contributed by atoms with E-state index in [9.17, 15) is 9.69 Å². The van der Waals surface area contributed by atoms with Gasteiger partial charge in [-0.1, -0.05) is 0 Å². The van der Waals surface area contributed by atoms with Gasteiger partial charge in [-0.2, -0.15) is 4.74 Å². The quantitative estimate of drug-likeness (QED) is 0.726. The van der Waals surface area contributed by atoms with Crippen LogP contribution in [0.15, 0.2) is 16.5 Å². The fourth-order valence-electron chi connectivity index (χ4n) is 5.33. The maximum atomic E-state index is 11.8. The minimum Gasteiger partial charge on any atom is -0.344 e. The van der Waals surface area contributed by atoms with Gasteiger partial charge in [0.2, 0.25) is 0 Å². The molecule has 104 valence electrons. The van der Waals surface area contributed by atoms with Crippen LogP contribution in [0.25, 0.3) is 0 Å². The smallest absolute Gasteiger partial charge is 0.273 e. The molecular formula is C14H21N2O2P. The number of nitrogens with one attached hydrogen (secondary N) is 1. The van der Waals surface area contributed by atoms with Crippen LogP contribution in [0.2, 0.25) is 0 Å². The van der Waals surface area contributed by atoms with Crippen LogP contribution in [0.5, 0.6) is 0 Å². The van der Waals surface area contributed by atoms with Gasteiger partial charge in [0.05, 0.1) is 0 Å². The van der Waals surface area contributed by atoms with Crippen LogP contribution in [0.3, 0.4) is 0 Å². The van der Waals surface area contributed by atoms with E-state index in [4.69, 9.17) is 0 Å². The van der Waals surface area contributed by atoms with E-state index in [-0.39, 0.29) is 11.1 Å². The van der Waals surface area contributed by atoms with Crippen LogP contribution in [0.1, 0.15) is 45.4 Å². The van der Waals surface area contributed by atoms with Crippen LogP contribution in [0.4, 0.5) is 0 Å². The van der Waals surface area contributed by atoms with Crippen molar-refractivity contribution < 1.29 is 9.69 Å². The van der Waals surface area contributed by atoms with E-state index in [1.807, 2.05) is 6.92 Å². The first-order chi connectivity index (χ1) is 8.98. The minimum absolute atomic E-state index is 0.104. The molecule has 0 spiro atoms. The van der Waals surface area contributed by atoms with Crippen LogP contribution in [-0.4, -0.2) is 16.0 Å². The molecule has 4 fully saturated rings. The second kappa shape index (κ2) is 3.73. The van der Waals surface area contributed by atoms with Gasteiger partial charge in [0.15, 0.2) is 7.43 Å². The molecule has 4 saturated carbocycles. The Kier molecular flexibility index (Phi) is 2.39. The molecular weight excluding hydrogens is 259 g/mol. The number of nitrogens with zero attached hydrogens (tertiary/aromatic N) is 1. The van der Waals surface area contributed by atoms with Crippen LogP contribution in [0, 0.1) is 17.8 Å². The van der Waals surface area contributed by atoms with Crippen LogP contribution < -0.4 is 5.09 Å². The molecule has 1 amide bonds. The second-order valence-corrected chi connectivity index (χ2v) is 9.70. The summed E-state index contributed by atoms with van der Waals surface area (Å²) in [5.74, 6) is 2.03. The number of carbonyl (C=O) groups is 1. The van der Waals surface area contributed by atoms with Crippen molar-refractivity contribution in [2.24, 2.45) is 22.5 Å². The lowest BCUT2D eigenvalue weighted by Gasteiger charge is -2.59. The lowest BCUT2D eigenvalue weighted by atomic mass is 9.56. The fraction of sp³-hybridized carbons (Fsp3) is 0.786. The van der Waals surface area contributed by atoms with Crippen LogP contribution in [-0.2, 0) is 4.79 Å². The van der Waals surface area contributed by atoms with Gasteiger partial charge in [0.1, 0.15) is 0 Å². The van der Waals surface area contributed by atoms with Crippen molar-refractivity contribution in [2.75, 3.05) is 0 Å². The van der Waals surface area contributed by atoms with Crippen molar-refractivity contribution >= 4 is 13.3 Å². The molecule has 1 atom stereocenters. The molecule has 0 radical (unpaired) electrons. The first-order valence-corrected chi connectivity index (χ1v) is 9.03. The summed E-state index contributed by atoms with van der Waals surface area (Å²) < 4.78 is 4.19. The van der Waals surface area contributed by atoms with Crippen molar-refractivity contribution in [3.8, 4) is 0 Å². The summed E-state index contributed by atoms with van der Waals surface area (Å²) in [7, 11) is -2.72. The maximum absolute atomic E-state index is 11.8. The maximum Gasteiger partial charge on any atom is 0.273 e. The minimum atomic E-state index is -2.72. The molecule has 4 aliphatic carbocycles. The van der Waals surface area contributed by atoms with Gasteiger partial charge >= 0.3 is 0 Å². The van der Waals surface area contributed by atoms with Gasteiger partial charge in [-0.15, -0.1) is 0 Å². The summed E-state index contributed by atoms with van der Waals surface area (Å²) in [6.45, 7) is 1.86. The summed E-state index contributed by atoms with van der Waals surface area (Å²) in [5.41, 5.74) is 0.784. The van der Waals surface area contributed by atoms with E-state index in [0.29, 0.717) is 0 Å². The highest BCUT2D eigenvalue weighted by Crippen LogP contribution is 2.71. The van der Waals surface area contributed by atoms with Gasteiger partial charge in [0, 0.05) is 16.9 Å². The summed E-state index contributed by atoms with van der Waals surface area (Å²) in [6, 6.07) is 0. The van der Waals surface area contributed by atoms with Gasteiger partial charge in [-0.3, -0.25) is 4.79 Å². The third-order valence-electron chi connectivity index (χ3n) is 5.58. The van der Waals surface area contributed by atoms with Gasteiger partial charge in [0.25, 0.3) is 5.91 Å². The second-order valence-electron chi connectivity index (χ2n) is 7.12. The number of carbonyl (C=O) groups excluding carboxylic acids is 1. The lowest BCUT2D eigenvalue weighted by molar-refractivity contribution is -0.113. The SMILES string of the molecule is CC1=CC(=O)N=P(O)(C23CC4CC(CC(C4)C2)C3)N1. The number of hydrogen-bond donors (Lipinski definition) is 2. The molecule has 0 aromatic carbocycles. The molecule has 4 bridgehead atoms. The normalized spacial score (nSPS) is 51.6. The van der Waals surface area contributed by atoms with Crippen molar-refractivity contribution in [3.05, 3.63) is 11.8 Å². The molecule has 1 aliphatic heterocycles. The number of amides is 1.